The number of hydrogen-bond donors (Lipinski definition) is 0. The van der Waals surface area contributed by atoms with Crippen molar-refractivity contribution >= 4 is 5.91 Å². The van der Waals surface area contributed by atoms with Crippen LogP contribution in [-0.2, 0) is 0 Å². The van der Waals surface area contributed by atoms with Crippen LogP contribution in [0.5, 0.6) is 0 Å². The smallest absolute Gasteiger partial charge is 0.257 e. The first-order chi connectivity index (χ1) is 12.7. The first-order valence-corrected chi connectivity index (χ1v) is 8.91. The molecular formula is C21H21N3O2. The second-order valence-electron chi connectivity index (χ2n) is 6.79. The molecule has 3 heterocycles. The van der Waals surface area contributed by atoms with E-state index >= 15 is 0 Å². The Kier molecular flexibility index (Phi) is 4.52. The maximum Gasteiger partial charge on any atom is 0.257 e. The number of furan rings is 1. The Labute approximate surface area is 152 Å². The molecule has 0 saturated carbocycles. The van der Waals surface area contributed by atoms with Crippen molar-refractivity contribution in [3.63, 3.8) is 0 Å². The number of carbonyl (C=O) groups is 1. The molecule has 2 aromatic heterocycles. The highest BCUT2D eigenvalue weighted by Crippen LogP contribution is 2.33. The number of piperidine rings is 1. The Bertz CT molecular complexity index is 888. The average molecular weight is 347 g/mol. The van der Waals surface area contributed by atoms with Crippen LogP contribution in [0.2, 0.25) is 0 Å². The van der Waals surface area contributed by atoms with Crippen LogP contribution in [0.4, 0.5) is 0 Å². The van der Waals surface area contributed by atoms with Gasteiger partial charge in [-0.3, -0.25) is 4.79 Å². The van der Waals surface area contributed by atoms with Gasteiger partial charge in [0, 0.05) is 30.8 Å². The van der Waals surface area contributed by atoms with Gasteiger partial charge in [0.1, 0.15) is 12.6 Å². The molecule has 1 atom stereocenters. The SMILES string of the molecule is Cc1ccc(-c2cncnc2[C@H]2CCCN(C(=O)c3ccoc3)C2)cc1. The van der Waals surface area contributed by atoms with E-state index in [1.807, 2.05) is 11.1 Å². The van der Waals surface area contributed by atoms with E-state index in [4.69, 9.17) is 4.42 Å². The third kappa shape index (κ3) is 3.25. The molecule has 5 heteroatoms. The number of benzene rings is 1. The standard InChI is InChI=1S/C21H21N3O2/c1-15-4-6-16(7-5-15)19-11-22-14-23-20(19)17-3-2-9-24(12-17)21(25)18-8-10-26-13-18/h4-8,10-11,13-14,17H,2-3,9,12H2,1H3/t17-/m0/s1. The summed E-state index contributed by atoms with van der Waals surface area (Å²) in [4.78, 5) is 23.4. The maximum absolute atomic E-state index is 12.7. The van der Waals surface area contributed by atoms with Gasteiger partial charge in [0.05, 0.1) is 17.5 Å². The molecule has 0 spiro atoms. The topological polar surface area (TPSA) is 59.2 Å². The van der Waals surface area contributed by atoms with Crippen molar-refractivity contribution in [2.45, 2.75) is 25.7 Å². The van der Waals surface area contributed by atoms with Gasteiger partial charge < -0.3 is 9.32 Å². The van der Waals surface area contributed by atoms with Gasteiger partial charge in [-0.05, 0) is 31.4 Å². The number of amides is 1. The summed E-state index contributed by atoms with van der Waals surface area (Å²) in [5.74, 6) is 0.230. The van der Waals surface area contributed by atoms with Crippen LogP contribution in [0.25, 0.3) is 11.1 Å². The maximum atomic E-state index is 12.7. The molecule has 4 rings (SSSR count). The lowest BCUT2D eigenvalue weighted by Gasteiger charge is -2.33. The molecule has 0 aliphatic carbocycles. The minimum Gasteiger partial charge on any atom is -0.472 e. The quantitative estimate of drug-likeness (QED) is 0.717. The van der Waals surface area contributed by atoms with Crippen LogP contribution in [0, 0.1) is 6.92 Å². The number of aromatic nitrogens is 2. The molecule has 26 heavy (non-hydrogen) atoms. The zero-order valence-corrected chi connectivity index (χ0v) is 14.8. The average Bonchev–Trinajstić information content (AvgIpc) is 3.23. The highest BCUT2D eigenvalue weighted by molar-refractivity contribution is 5.94. The lowest BCUT2D eigenvalue weighted by molar-refractivity contribution is 0.0705. The fraction of sp³-hybridized carbons (Fsp3) is 0.286. The van der Waals surface area contributed by atoms with E-state index < -0.39 is 0 Å². The number of carbonyl (C=O) groups excluding carboxylic acids is 1. The second-order valence-corrected chi connectivity index (χ2v) is 6.79. The largest absolute Gasteiger partial charge is 0.472 e. The van der Waals surface area contributed by atoms with E-state index in [-0.39, 0.29) is 11.8 Å². The third-order valence-electron chi connectivity index (χ3n) is 4.97. The Hall–Kier alpha value is -2.95. The molecule has 1 fully saturated rings. The van der Waals surface area contributed by atoms with Crippen LogP contribution in [0.15, 0.2) is 59.8 Å². The van der Waals surface area contributed by atoms with Crippen molar-refractivity contribution in [1.29, 1.82) is 0 Å². The van der Waals surface area contributed by atoms with E-state index in [2.05, 4.69) is 41.2 Å². The summed E-state index contributed by atoms with van der Waals surface area (Å²) in [5, 5.41) is 0. The van der Waals surface area contributed by atoms with Crippen molar-refractivity contribution < 1.29 is 9.21 Å². The highest BCUT2D eigenvalue weighted by atomic mass is 16.3. The van der Waals surface area contributed by atoms with Gasteiger partial charge in [-0.2, -0.15) is 0 Å². The number of likely N-dealkylation sites (tertiary alicyclic amines) is 1. The molecule has 0 radical (unpaired) electrons. The molecule has 1 saturated heterocycles. The fourth-order valence-corrected chi connectivity index (χ4v) is 3.57. The number of nitrogens with zero attached hydrogens (tertiary/aromatic N) is 3. The van der Waals surface area contributed by atoms with Crippen LogP contribution >= 0.6 is 0 Å². The van der Waals surface area contributed by atoms with Crippen molar-refractivity contribution in [1.82, 2.24) is 14.9 Å². The van der Waals surface area contributed by atoms with E-state index in [0.717, 1.165) is 36.2 Å². The van der Waals surface area contributed by atoms with E-state index in [9.17, 15) is 4.79 Å². The van der Waals surface area contributed by atoms with Crippen molar-refractivity contribution in [2.75, 3.05) is 13.1 Å². The molecule has 0 bridgehead atoms. The molecule has 0 N–H and O–H groups in total. The Morgan fingerprint density at radius 2 is 2.08 bits per heavy atom. The zero-order chi connectivity index (χ0) is 17.9. The van der Waals surface area contributed by atoms with Gasteiger partial charge in [-0.15, -0.1) is 0 Å². The minimum absolute atomic E-state index is 0.0226. The summed E-state index contributed by atoms with van der Waals surface area (Å²) in [6.07, 6.45) is 8.51. The summed E-state index contributed by atoms with van der Waals surface area (Å²) in [5.41, 5.74) is 5.02. The molecule has 3 aromatic rings. The fourth-order valence-electron chi connectivity index (χ4n) is 3.57. The lowest BCUT2D eigenvalue weighted by Crippen LogP contribution is -2.39. The summed E-state index contributed by atoms with van der Waals surface area (Å²) in [6.45, 7) is 3.51. The van der Waals surface area contributed by atoms with E-state index in [0.29, 0.717) is 12.1 Å². The Balaban J connectivity index is 1.61. The zero-order valence-electron chi connectivity index (χ0n) is 14.8. The second kappa shape index (κ2) is 7.12. The summed E-state index contributed by atoms with van der Waals surface area (Å²) >= 11 is 0. The summed E-state index contributed by atoms with van der Waals surface area (Å²) in [6, 6.07) is 10.1. The summed E-state index contributed by atoms with van der Waals surface area (Å²) in [7, 11) is 0. The van der Waals surface area contributed by atoms with Gasteiger partial charge in [-0.1, -0.05) is 29.8 Å². The molecule has 0 unspecified atom stereocenters. The van der Waals surface area contributed by atoms with Crippen molar-refractivity contribution in [3.05, 3.63) is 72.2 Å². The van der Waals surface area contributed by atoms with Crippen LogP contribution in [-0.4, -0.2) is 33.9 Å². The monoisotopic (exact) mass is 347 g/mol. The molecule has 1 aromatic carbocycles. The van der Waals surface area contributed by atoms with Gasteiger partial charge >= 0.3 is 0 Å². The molecular weight excluding hydrogens is 326 g/mol. The van der Waals surface area contributed by atoms with Gasteiger partial charge in [0.25, 0.3) is 5.91 Å². The Morgan fingerprint density at radius 1 is 1.23 bits per heavy atom. The van der Waals surface area contributed by atoms with Crippen LogP contribution < -0.4 is 0 Å². The predicted octanol–water partition coefficient (Wildman–Crippen LogP) is 4.06. The number of hydrogen-bond acceptors (Lipinski definition) is 4. The molecule has 132 valence electrons. The third-order valence-corrected chi connectivity index (χ3v) is 4.97. The van der Waals surface area contributed by atoms with Crippen molar-refractivity contribution in [2.24, 2.45) is 0 Å². The minimum atomic E-state index is 0.0226. The van der Waals surface area contributed by atoms with E-state index in [1.165, 1.54) is 18.1 Å². The molecule has 1 aliphatic heterocycles. The predicted molar refractivity (Wildman–Crippen MR) is 98.8 cm³/mol. The summed E-state index contributed by atoms with van der Waals surface area (Å²) < 4.78 is 5.06. The van der Waals surface area contributed by atoms with Crippen LogP contribution in [0.3, 0.4) is 0 Å². The van der Waals surface area contributed by atoms with Gasteiger partial charge in [0.15, 0.2) is 0 Å². The Morgan fingerprint density at radius 3 is 2.85 bits per heavy atom. The number of aryl methyl sites for hydroxylation is 1. The van der Waals surface area contributed by atoms with Crippen molar-refractivity contribution in [3.8, 4) is 11.1 Å². The van der Waals surface area contributed by atoms with Gasteiger partial charge in [0.2, 0.25) is 0 Å². The number of rotatable bonds is 3. The normalized spacial score (nSPS) is 17.3. The molecule has 1 aliphatic rings. The first kappa shape index (κ1) is 16.5. The van der Waals surface area contributed by atoms with E-state index in [1.54, 1.807) is 12.4 Å². The van der Waals surface area contributed by atoms with Crippen LogP contribution in [0.1, 0.15) is 40.4 Å². The first-order valence-electron chi connectivity index (χ1n) is 8.91. The highest BCUT2D eigenvalue weighted by Gasteiger charge is 2.28. The molecule has 5 nitrogen and oxygen atoms in total. The van der Waals surface area contributed by atoms with Gasteiger partial charge in [-0.25, -0.2) is 9.97 Å². The lowest BCUT2D eigenvalue weighted by atomic mass is 9.89. The molecule has 1 amide bonds.